The molecule has 0 saturated carbocycles. The Labute approximate surface area is 123 Å². The summed E-state index contributed by atoms with van der Waals surface area (Å²) < 4.78 is 13.1. The molecule has 0 bridgehead atoms. The van der Waals surface area contributed by atoms with Crippen LogP contribution in [0, 0.1) is 0 Å². The Kier molecular flexibility index (Phi) is 4.00. The van der Waals surface area contributed by atoms with Crippen LogP contribution < -0.4 is 10.9 Å². The zero-order valence-electron chi connectivity index (χ0n) is 10.7. The zero-order chi connectivity index (χ0) is 13.9. The third-order valence-corrected chi connectivity index (χ3v) is 3.70. The Morgan fingerprint density at radius 1 is 1.40 bits per heavy atom. The summed E-state index contributed by atoms with van der Waals surface area (Å²) in [4.78, 5) is 11.8. The zero-order valence-corrected chi connectivity index (χ0v) is 12.2. The third-order valence-electron chi connectivity index (χ3n) is 3.27. The van der Waals surface area contributed by atoms with Gasteiger partial charge in [0.2, 0.25) is 0 Å². The molecular formula is C13H14BrN3O3. The smallest absolute Gasteiger partial charge is 0.267 e. The summed E-state index contributed by atoms with van der Waals surface area (Å²) in [5.74, 6) is 0.830. The quantitative estimate of drug-likeness (QED) is 0.909. The summed E-state index contributed by atoms with van der Waals surface area (Å²) in [5.41, 5.74) is -0.115. The molecule has 2 atom stereocenters. The van der Waals surface area contributed by atoms with Gasteiger partial charge in [-0.2, -0.15) is 5.10 Å². The van der Waals surface area contributed by atoms with Gasteiger partial charge in [-0.1, -0.05) is 0 Å². The molecule has 1 saturated heterocycles. The molecule has 2 aromatic rings. The number of hydrogen-bond donors (Lipinski definition) is 1. The summed E-state index contributed by atoms with van der Waals surface area (Å²) in [6.45, 7) is 1.61. The maximum Gasteiger partial charge on any atom is 0.267 e. The van der Waals surface area contributed by atoms with Crippen LogP contribution in [0.2, 0.25) is 0 Å². The highest BCUT2D eigenvalue weighted by atomic mass is 79.9. The number of hydrogen-bond acceptors (Lipinski definition) is 5. The molecule has 20 heavy (non-hydrogen) atoms. The number of ether oxygens (including phenoxy) is 1. The molecule has 1 aliphatic rings. The average Bonchev–Trinajstić information content (AvgIpc) is 3.06. The fraction of sp³-hybridized carbons (Fsp3) is 0.385. The normalized spacial score (nSPS) is 22.2. The highest BCUT2D eigenvalue weighted by molar-refractivity contribution is 9.10. The van der Waals surface area contributed by atoms with Gasteiger partial charge in [0.15, 0.2) is 4.67 Å². The summed E-state index contributed by atoms with van der Waals surface area (Å²) in [5, 5.41) is 7.47. The number of halogens is 1. The van der Waals surface area contributed by atoms with Gasteiger partial charge in [-0.15, -0.1) is 0 Å². The Morgan fingerprint density at radius 2 is 2.30 bits per heavy atom. The van der Waals surface area contributed by atoms with Crippen molar-refractivity contribution in [2.24, 2.45) is 0 Å². The van der Waals surface area contributed by atoms with Crippen molar-refractivity contribution in [2.45, 2.75) is 18.6 Å². The second kappa shape index (κ2) is 5.90. The van der Waals surface area contributed by atoms with Crippen LogP contribution in [0.25, 0.3) is 0 Å². The fourth-order valence-corrected chi connectivity index (χ4v) is 2.62. The summed E-state index contributed by atoms with van der Waals surface area (Å²) in [6.07, 6.45) is 1.61. The number of nitrogens with one attached hydrogen (secondary N) is 1. The van der Waals surface area contributed by atoms with Gasteiger partial charge in [0.05, 0.1) is 31.8 Å². The van der Waals surface area contributed by atoms with E-state index < -0.39 is 0 Å². The molecule has 0 aromatic carbocycles. The molecule has 0 aliphatic carbocycles. The second-order valence-corrected chi connectivity index (χ2v) is 5.39. The first kappa shape index (κ1) is 13.5. The van der Waals surface area contributed by atoms with Gasteiger partial charge < -0.3 is 14.5 Å². The molecule has 1 fully saturated rings. The largest absolute Gasteiger partial charge is 0.453 e. The van der Waals surface area contributed by atoms with Crippen molar-refractivity contribution < 1.29 is 9.15 Å². The Balaban J connectivity index is 1.70. The molecule has 3 rings (SSSR count). The Bertz CT molecular complexity index is 640. The van der Waals surface area contributed by atoms with Crippen LogP contribution in [0.15, 0.2) is 44.3 Å². The lowest BCUT2D eigenvalue weighted by Crippen LogP contribution is -2.40. The summed E-state index contributed by atoms with van der Waals surface area (Å²) >= 11 is 3.27. The Morgan fingerprint density at radius 3 is 3.05 bits per heavy atom. The third kappa shape index (κ3) is 2.84. The molecule has 7 heteroatoms. The van der Waals surface area contributed by atoms with Crippen LogP contribution >= 0.6 is 15.9 Å². The van der Waals surface area contributed by atoms with Crippen molar-refractivity contribution in [2.75, 3.05) is 13.2 Å². The van der Waals surface area contributed by atoms with Crippen LogP contribution in [0.1, 0.15) is 11.8 Å². The number of nitrogens with zero attached hydrogens (tertiary/aromatic N) is 2. The summed E-state index contributed by atoms with van der Waals surface area (Å²) in [7, 11) is 0. The van der Waals surface area contributed by atoms with Crippen LogP contribution in [0.5, 0.6) is 0 Å². The van der Waals surface area contributed by atoms with Gasteiger partial charge in [0.1, 0.15) is 5.76 Å². The van der Waals surface area contributed by atoms with E-state index in [1.165, 1.54) is 10.7 Å². The predicted octanol–water partition coefficient (Wildman–Crippen LogP) is 1.33. The molecule has 0 spiro atoms. The van der Waals surface area contributed by atoms with Crippen LogP contribution in [0.4, 0.5) is 0 Å². The van der Waals surface area contributed by atoms with E-state index in [0.29, 0.717) is 24.4 Å². The highest BCUT2D eigenvalue weighted by Gasteiger charge is 2.30. The van der Waals surface area contributed by atoms with E-state index in [0.717, 1.165) is 5.76 Å². The SMILES string of the molecule is O=c1cccnn1C1COCC1NCc1ccc(Br)o1. The molecule has 106 valence electrons. The van der Waals surface area contributed by atoms with Crippen molar-refractivity contribution in [1.82, 2.24) is 15.1 Å². The molecule has 6 nitrogen and oxygen atoms in total. The molecule has 2 aromatic heterocycles. The standard InChI is InChI=1S/C13H14BrN3O3/c14-12-4-3-9(20-12)6-15-10-7-19-8-11(10)17-13(18)2-1-5-16-17/h1-5,10-11,15H,6-8H2. The van der Waals surface area contributed by atoms with Crippen molar-refractivity contribution in [1.29, 1.82) is 0 Å². The van der Waals surface area contributed by atoms with E-state index >= 15 is 0 Å². The topological polar surface area (TPSA) is 69.3 Å². The highest BCUT2D eigenvalue weighted by Crippen LogP contribution is 2.19. The Hall–Kier alpha value is -1.44. The molecule has 3 heterocycles. The molecule has 0 amide bonds. The molecule has 1 N–H and O–H groups in total. The lowest BCUT2D eigenvalue weighted by atomic mass is 10.1. The van der Waals surface area contributed by atoms with Gasteiger partial charge in [0.25, 0.3) is 5.56 Å². The molecule has 0 radical (unpaired) electrons. The number of aromatic nitrogens is 2. The van der Waals surface area contributed by atoms with Crippen molar-refractivity contribution >= 4 is 15.9 Å². The first-order valence-electron chi connectivity index (χ1n) is 6.33. The van der Waals surface area contributed by atoms with Crippen LogP contribution in [-0.4, -0.2) is 29.0 Å². The van der Waals surface area contributed by atoms with Crippen LogP contribution in [0.3, 0.4) is 0 Å². The minimum atomic E-state index is -0.115. The fourth-order valence-electron chi connectivity index (χ4n) is 2.28. The second-order valence-electron chi connectivity index (χ2n) is 4.60. The number of furan rings is 1. The van der Waals surface area contributed by atoms with Gasteiger partial charge in [-0.25, -0.2) is 4.68 Å². The van der Waals surface area contributed by atoms with E-state index in [1.807, 2.05) is 12.1 Å². The van der Waals surface area contributed by atoms with E-state index in [4.69, 9.17) is 9.15 Å². The van der Waals surface area contributed by atoms with Crippen molar-refractivity contribution in [3.8, 4) is 0 Å². The average molecular weight is 340 g/mol. The first-order valence-corrected chi connectivity index (χ1v) is 7.12. The van der Waals surface area contributed by atoms with E-state index in [9.17, 15) is 4.79 Å². The first-order chi connectivity index (χ1) is 9.74. The molecular weight excluding hydrogens is 326 g/mol. The lowest BCUT2D eigenvalue weighted by molar-refractivity contribution is 0.180. The maximum absolute atomic E-state index is 11.8. The monoisotopic (exact) mass is 339 g/mol. The molecule has 1 aliphatic heterocycles. The minimum Gasteiger partial charge on any atom is -0.453 e. The van der Waals surface area contributed by atoms with Gasteiger partial charge in [-0.3, -0.25) is 4.79 Å². The van der Waals surface area contributed by atoms with Gasteiger partial charge in [0, 0.05) is 12.3 Å². The minimum absolute atomic E-state index is 0.0338. The van der Waals surface area contributed by atoms with Crippen molar-refractivity contribution in [3.63, 3.8) is 0 Å². The molecule has 2 unspecified atom stereocenters. The van der Waals surface area contributed by atoms with E-state index in [1.54, 1.807) is 12.3 Å². The lowest BCUT2D eigenvalue weighted by Gasteiger charge is -2.19. The predicted molar refractivity (Wildman–Crippen MR) is 75.4 cm³/mol. The van der Waals surface area contributed by atoms with Gasteiger partial charge in [-0.05, 0) is 34.1 Å². The maximum atomic E-state index is 11.8. The van der Waals surface area contributed by atoms with Gasteiger partial charge >= 0.3 is 0 Å². The van der Waals surface area contributed by atoms with Crippen LogP contribution in [-0.2, 0) is 11.3 Å². The number of rotatable bonds is 4. The van der Waals surface area contributed by atoms with E-state index in [-0.39, 0.29) is 17.6 Å². The van der Waals surface area contributed by atoms with Crippen molar-refractivity contribution in [3.05, 3.63) is 51.2 Å². The summed E-state index contributed by atoms with van der Waals surface area (Å²) in [6, 6.07) is 6.83. The van der Waals surface area contributed by atoms with E-state index in [2.05, 4.69) is 26.3 Å².